The third kappa shape index (κ3) is 2.07. The summed E-state index contributed by atoms with van der Waals surface area (Å²) in [4.78, 5) is 4.23. The van der Waals surface area contributed by atoms with Crippen molar-refractivity contribution >= 4 is 81.9 Å². The number of benzene rings is 1. The predicted molar refractivity (Wildman–Crippen MR) is 74.9 cm³/mol. The largest absolute Gasteiger partial charge is 0.253 e. The summed E-state index contributed by atoms with van der Waals surface area (Å²) in [5, 5.41) is 1.84. The van der Waals surface area contributed by atoms with Crippen molar-refractivity contribution in [2.24, 2.45) is 0 Å². The summed E-state index contributed by atoms with van der Waals surface area (Å²) < 4.78 is 2.54. The number of pyridine rings is 1. The van der Waals surface area contributed by atoms with Crippen molar-refractivity contribution < 1.29 is 0 Å². The van der Waals surface area contributed by atoms with Crippen LogP contribution in [0, 0.1) is 0 Å². The number of halogens is 5. The van der Waals surface area contributed by atoms with Gasteiger partial charge in [0.1, 0.15) is 0 Å². The highest BCUT2D eigenvalue weighted by molar-refractivity contribution is 9.13. The van der Waals surface area contributed by atoms with E-state index in [2.05, 4.69) is 52.8 Å². The summed E-state index contributed by atoms with van der Waals surface area (Å²) in [6, 6.07) is 1.88. The number of aromatic nitrogens is 1. The summed E-state index contributed by atoms with van der Waals surface area (Å²) in [6.45, 7) is 0. The minimum atomic E-state index is 0.453. The Morgan fingerprint density at radius 3 is 2.33 bits per heavy atom. The van der Waals surface area contributed by atoms with Gasteiger partial charge in [0, 0.05) is 20.5 Å². The van der Waals surface area contributed by atoms with Crippen LogP contribution in [-0.2, 0) is 0 Å². The molecule has 0 atom stereocenters. The molecule has 1 aromatic carbocycles. The van der Waals surface area contributed by atoms with Gasteiger partial charge >= 0.3 is 0 Å². The highest BCUT2D eigenvalue weighted by Gasteiger charge is 2.13. The Kier molecular flexibility index (Phi) is 3.63. The fraction of sp³-hybridized carbons (Fsp3) is 0. The average molecular weight is 435 g/mol. The van der Waals surface area contributed by atoms with Crippen LogP contribution in [0.1, 0.15) is 0 Å². The maximum atomic E-state index is 6.10. The quantitative estimate of drug-likeness (QED) is 0.475. The van der Waals surface area contributed by atoms with Crippen molar-refractivity contribution in [2.45, 2.75) is 0 Å². The van der Waals surface area contributed by atoms with Crippen LogP contribution >= 0.6 is 71.0 Å². The van der Waals surface area contributed by atoms with Gasteiger partial charge in [-0.05, 0) is 53.9 Å². The van der Waals surface area contributed by atoms with E-state index in [4.69, 9.17) is 23.2 Å². The molecular formula is C9H2Br3Cl2N. The van der Waals surface area contributed by atoms with E-state index in [9.17, 15) is 0 Å². The molecule has 0 N–H and O–H groups in total. The van der Waals surface area contributed by atoms with Gasteiger partial charge < -0.3 is 0 Å². The van der Waals surface area contributed by atoms with E-state index < -0.39 is 0 Å². The summed E-state index contributed by atoms with van der Waals surface area (Å²) >= 11 is 22.3. The predicted octanol–water partition coefficient (Wildman–Crippen LogP) is 5.83. The van der Waals surface area contributed by atoms with Crippen molar-refractivity contribution in [3.8, 4) is 0 Å². The first-order chi connectivity index (χ1) is 7.02. The van der Waals surface area contributed by atoms with E-state index in [-0.39, 0.29) is 0 Å². The van der Waals surface area contributed by atoms with E-state index in [1.807, 2.05) is 6.07 Å². The Morgan fingerprint density at radius 2 is 1.67 bits per heavy atom. The van der Waals surface area contributed by atoms with Gasteiger partial charge in [-0.2, -0.15) is 0 Å². The monoisotopic (exact) mass is 431 g/mol. The molecule has 0 saturated carbocycles. The summed E-state index contributed by atoms with van der Waals surface area (Å²) in [5.74, 6) is 0. The molecular weight excluding hydrogens is 433 g/mol. The summed E-state index contributed by atoms with van der Waals surface area (Å²) in [7, 11) is 0. The van der Waals surface area contributed by atoms with Crippen molar-refractivity contribution in [3.05, 3.63) is 35.7 Å². The van der Waals surface area contributed by atoms with Gasteiger partial charge in [-0.1, -0.05) is 23.2 Å². The Morgan fingerprint density at radius 1 is 1.00 bits per heavy atom. The van der Waals surface area contributed by atoms with E-state index in [0.29, 0.717) is 15.6 Å². The van der Waals surface area contributed by atoms with Crippen molar-refractivity contribution in [1.29, 1.82) is 0 Å². The second-order valence-electron chi connectivity index (χ2n) is 2.80. The van der Waals surface area contributed by atoms with Gasteiger partial charge in [0.05, 0.1) is 20.0 Å². The summed E-state index contributed by atoms with van der Waals surface area (Å²) in [5.41, 5.74) is 0.681. The Balaban J connectivity index is 2.98. The lowest BCUT2D eigenvalue weighted by molar-refractivity contribution is 1.37. The molecule has 0 spiro atoms. The number of hydrogen-bond donors (Lipinski definition) is 0. The van der Waals surface area contributed by atoms with Gasteiger partial charge in [0.25, 0.3) is 0 Å². The minimum Gasteiger partial charge on any atom is -0.253 e. The third-order valence-electron chi connectivity index (χ3n) is 1.89. The number of hydrogen-bond acceptors (Lipinski definition) is 1. The Hall–Kier alpha value is 0.650. The molecule has 1 aromatic heterocycles. The first kappa shape index (κ1) is 12.1. The maximum Gasteiger partial charge on any atom is 0.0916 e. The molecule has 0 aliphatic carbocycles. The highest BCUT2D eigenvalue weighted by Crippen LogP contribution is 2.40. The van der Waals surface area contributed by atoms with Crippen LogP contribution in [-0.4, -0.2) is 4.98 Å². The smallest absolute Gasteiger partial charge is 0.0916 e. The molecule has 6 heteroatoms. The molecule has 2 rings (SSSR count). The minimum absolute atomic E-state index is 0.453. The lowest BCUT2D eigenvalue weighted by Gasteiger charge is -2.07. The molecule has 0 unspecified atom stereocenters. The number of nitrogens with zero attached hydrogens (tertiary/aromatic N) is 1. The summed E-state index contributed by atoms with van der Waals surface area (Å²) in [6.07, 6.45) is 1.68. The standard InChI is InChI=1S/C9H2Br3Cl2N/c10-4-1-3-6(12)5(11)2-15-9(3)8(14)7(4)13/h1-2H. The van der Waals surface area contributed by atoms with E-state index in [0.717, 1.165) is 18.8 Å². The van der Waals surface area contributed by atoms with Crippen LogP contribution in [0.15, 0.2) is 25.7 Å². The molecule has 0 radical (unpaired) electrons. The molecule has 0 aliphatic rings. The zero-order chi connectivity index (χ0) is 11.2. The molecule has 2 aromatic rings. The zero-order valence-corrected chi connectivity index (χ0v) is 13.3. The topological polar surface area (TPSA) is 12.9 Å². The van der Waals surface area contributed by atoms with Crippen LogP contribution in [0.5, 0.6) is 0 Å². The Labute approximate surface area is 122 Å². The molecule has 0 amide bonds. The molecule has 0 aliphatic heterocycles. The lowest BCUT2D eigenvalue weighted by Crippen LogP contribution is -1.85. The normalized spacial score (nSPS) is 11.0. The van der Waals surface area contributed by atoms with Crippen LogP contribution < -0.4 is 0 Å². The molecule has 78 valence electrons. The third-order valence-corrected chi connectivity index (χ3v) is 5.59. The van der Waals surface area contributed by atoms with Crippen LogP contribution in [0.3, 0.4) is 0 Å². The van der Waals surface area contributed by atoms with Gasteiger partial charge in [-0.3, -0.25) is 4.98 Å². The molecule has 15 heavy (non-hydrogen) atoms. The molecule has 0 saturated heterocycles. The second kappa shape index (κ2) is 4.49. The number of rotatable bonds is 0. The number of fused-ring (bicyclic) bond motifs is 1. The fourth-order valence-electron chi connectivity index (χ4n) is 1.19. The fourth-order valence-corrected chi connectivity index (χ4v) is 2.84. The van der Waals surface area contributed by atoms with Gasteiger partial charge in [-0.25, -0.2) is 0 Å². The second-order valence-corrected chi connectivity index (χ2v) is 6.06. The molecule has 1 nitrogen and oxygen atoms in total. The molecule has 0 fully saturated rings. The van der Waals surface area contributed by atoms with E-state index in [1.165, 1.54) is 0 Å². The molecule has 1 heterocycles. The SMILES string of the molecule is Clc1c(Br)cc2c(Br)c(Br)cnc2c1Cl. The van der Waals surface area contributed by atoms with E-state index >= 15 is 0 Å². The maximum absolute atomic E-state index is 6.10. The highest BCUT2D eigenvalue weighted by atomic mass is 79.9. The van der Waals surface area contributed by atoms with Gasteiger partial charge in [0.15, 0.2) is 0 Å². The van der Waals surface area contributed by atoms with Gasteiger partial charge in [-0.15, -0.1) is 0 Å². The first-order valence-corrected chi connectivity index (χ1v) is 6.93. The van der Waals surface area contributed by atoms with Crippen molar-refractivity contribution in [2.75, 3.05) is 0 Å². The average Bonchev–Trinajstić information content (AvgIpc) is 2.21. The van der Waals surface area contributed by atoms with Crippen LogP contribution in [0.4, 0.5) is 0 Å². The zero-order valence-electron chi connectivity index (χ0n) is 6.99. The lowest BCUT2D eigenvalue weighted by atomic mass is 10.2. The van der Waals surface area contributed by atoms with Crippen LogP contribution in [0.25, 0.3) is 10.9 Å². The van der Waals surface area contributed by atoms with Gasteiger partial charge in [0.2, 0.25) is 0 Å². The van der Waals surface area contributed by atoms with Crippen molar-refractivity contribution in [3.63, 3.8) is 0 Å². The molecule has 0 bridgehead atoms. The Bertz CT molecular complexity index is 557. The van der Waals surface area contributed by atoms with Crippen LogP contribution in [0.2, 0.25) is 10.0 Å². The van der Waals surface area contributed by atoms with E-state index in [1.54, 1.807) is 6.20 Å². The first-order valence-electron chi connectivity index (χ1n) is 3.79. The van der Waals surface area contributed by atoms with Crippen molar-refractivity contribution in [1.82, 2.24) is 4.98 Å².